The van der Waals surface area contributed by atoms with Crippen LogP contribution < -0.4 is 10.6 Å². The van der Waals surface area contributed by atoms with Crippen molar-refractivity contribution in [2.24, 2.45) is 5.73 Å². The lowest BCUT2D eigenvalue weighted by molar-refractivity contribution is -0.127. The Kier molecular flexibility index (Phi) is 4.87. The molecule has 0 aliphatic heterocycles. The number of nitrogens with two attached hydrogens (primary N) is 1. The summed E-state index contributed by atoms with van der Waals surface area (Å²) in [6, 6.07) is 7.61. The van der Waals surface area contributed by atoms with Gasteiger partial charge in [0.25, 0.3) is 5.91 Å². The summed E-state index contributed by atoms with van der Waals surface area (Å²) in [7, 11) is 1.74. The van der Waals surface area contributed by atoms with Crippen LogP contribution in [0, 0.1) is 0 Å². The molecule has 18 heavy (non-hydrogen) atoms. The Balaban J connectivity index is 2.62. The van der Waals surface area contributed by atoms with Gasteiger partial charge in [0.2, 0.25) is 0 Å². The molecule has 1 rings (SSSR count). The topological polar surface area (TPSA) is 55.6 Å². The molecule has 0 heterocycles. The van der Waals surface area contributed by atoms with Gasteiger partial charge in [-0.15, -0.1) is 0 Å². The summed E-state index contributed by atoms with van der Waals surface area (Å²) in [5.41, 5.74) is 7.11. The van der Waals surface area contributed by atoms with Crippen LogP contribution in [0.2, 0.25) is 0 Å². The van der Waals surface area contributed by atoms with Crippen LogP contribution in [-0.4, -0.2) is 25.2 Å². The van der Waals surface area contributed by atoms with Gasteiger partial charge in [0.1, 0.15) is 6.61 Å². The van der Waals surface area contributed by atoms with E-state index in [9.17, 15) is 4.79 Å². The summed E-state index contributed by atoms with van der Waals surface area (Å²) in [5, 5.41) is 0. The number of nitrogens with zero attached hydrogens (tertiary/aromatic N) is 1. The zero-order chi connectivity index (χ0) is 13.8. The first-order valence-electron chi connectivity index (χ1n) is 6.03. The van der Waals surface area contributed by atoms with Crippen molar-refractivity contribution in [3.63, 3.8) is 0 Å². The maximum absolute atomic E-state index is 11.9. The van der Waals surface area contributed by atoms with Crippen molar-refractivity contribution in [1.29, 1.82) is 0 Å². The third kappa shape index (κ3) is 4.47. The van der Waals surface area contributed by atoms with Gasteiger partial charge < -0.3 is 15.4 Å². The van der Waals surface area contributed by atoms with Crippen molar-refractivity contribution in [3.05, 3.63) is 29.8 Å². The zero-order valence-corrected chi connectivity index (χ0v) is 11.6. The van der Waals surface area contributed by atoms with Gasteiger partial charge in [-0.1, -0.05) is 12.1 Å². The minimum Gasteiger partial charge on any atom is -0.366 e. The molecule has 1 aromatic rings. The molecule has 0 fully saturated rings. The number of ether oxygens (including phenoxy) is 1. The number of amides is 1. The molecule has 4 heteroatoms. The third-order valence-corrected chi connectivity index (χ3v) is 2.56. The summed E-state index contributed by atoms with van der Waals surface area (Å²) in [5.74, 6) is -0.0644. The van der Waals surface area contributed by atoms with Crippen LogP contribution in [0.5, 0.6) is 0 Å². The molecular formula is C14H22N2O2. The van der Waals surface area contributed by atoms with Crippen molar-refractivity contribution < 1.29 is 9.53 Å². The lowest BCUT2D eigenvalue weighted by Gasteiger charge is -2.22. The first kappa shape index (κ1) is 14.7. The van der Waals surface area contributed by atoms with E-state index in [4.69, 9.17) is 10.5 Å². The highest BCUT2D eigenvalue weighted by atomic mass is 16.5. The molecule has 0 bridgehead atoms. The fourth-order valence-electron chi connectivity index (χ4n) is 1.37. The molecule has 1 aromatic carbocycles. The van der Waals surface area contributed by atoms with Crippen LogP contribution in [-0.2, 0) is 16.1 Å². The average Bonchev–Trinajstić information content (AvgIpc) is 2.34. The summed E-state index contributed by atoms with van der Waals surface area (Å²) in [6.07, 6.45) is 0. The fourth-order valence-corrected chi connectivity index (χ4v) is 1.37. The number of likely N-dealkylation sites (N-methyl/N-ethyl adjacent to an activating group) is 1. The maximum atomic E-state index is 11.9. The quantitative estimate of drug-likeness (QED) is 0.888. The molecule has 0 saturated carbocycles. The minimum atomic E-state index is -0.306. The zero-order valence-electron chi connectivity index (χ0n) is 11.6. The van der Waals surface area contributed by atoms with E-state index >= 15 is 0 Å². The molecule has 0 atom stereocenters. The number of carbonyl (C=O) groups excluding carboxylic acids is 1. The third-order valence-electron chi connectivity index (χ3n) is 2.56. The van der Waals surface area contributed by atoms with E-state index in [0.717, 1.165) is 11.3 Å². The molecule has 2 N–H and O–H groups in total. The van der Waals surface area contributed by atoms with Gasteiger partial charge in [0, 0.05) is 19.3 Å². The molecule has 100 valence electrons. The molecular weight excluding hydrogens is 228 g/mol. The lowest BCUT2D eigenvalue weighted by Crippen LogP contribution is -2.33. The summed E-state index contributed by atoms with van der Waals surface area (Å²) >= 11 is 0. The number of hydrogen-bond acceptors (Lipinski definition) is 3. The molecule has 0 unspecified atom stereocenters. The first-order valence-corrected chi connectivity index (χ1v) is 6.03. The lowest BCUT2D eigenvalue weighted by atomic mass is 10.2. The summed E-state index contributed by atoms with van der Waals surface area (Å²) in [4.78, 5) is 13.5. The predicted octanol–water partition coefficient (Wildman–Crippen LogP) is 1.92. The van der Waals surface area contributed by atoms with E-state index in [1.807, 2.05) is 45.0 Å². The summed E-state index contributed by atoms with van der Waals surface area (Å²) < 4.78 is 5.47. The van der Waals surface area contributed by atoms with Crippen LogP contribution in [0.3, 0.4) is 0 Å². The Bertz CT molecular complexity index is 393. The fraction of sp³-hybridized carbons (Fsp3) is 0.500. The van der Waals surface area contributed by atoms with E-state index in [1.165, 1.54) is 0 Å². The van der Waals surface area contributed by atoms with E-state index in [1.54, 1.807) is 11.9 Å². The molecule has 4 nitrogen and oxygen atoms in total. The van der Waals surface area contributed by atoms with Crippen LogP contribution in [0.25, 0.3) is 0 Å². The van der Waals surface area contributed by atoms with Gasteiger partial charge in [-0.2, -0.15) is 0 Å². The largest absolute Gasteiger partial charge is 0.366 e. The van der Waals surface area contributed by atoms with Crippen molar-refractivity contribution in [2.75, 3.05) is 18.6 Å². The maximum Gasteiger partial charge on any atom is 0.252 e. The Morgan fingerprint density at radius 3 is 2.28 bits per heavy atom. The standard InChI is InChI=1S/C14H22N2O2/c1-14(2,3)18-10-13(17)16(4)12-7-5-11(9-15)6-8-12/h5-8H,9-10,15H2,1-4H3. The normalized spacial score (nSPS) is 11.4. The van der Waals surface area contributed by atoms with Crippen molar-refractivity contribution in [2.45, 2.75) is 32.9 Å². The second-order valence-corrected chi connectivity index (χ2v) is 5.22. The highest BCUT2D eigenvalue weighted by Crippen LogP contribution is 2.15. The Labute approximate surface area is 109 Å². The smallest absolute Gasteiger partial charge is 0.252 e. The highest BCUT2D eigenvalue weighted by molar-refractivity contribution is 5.93. The van der Waals surface area contributed by atoms with Crippen molar-refractivity contribution >= 4 is 11.6 Å². The predicted molar refractivity (Wildman–Crippen MR) is 73.4 cm³/mol. The van der Waals surface area contributed by atoms with E-state index in [-0.39, 0.29) is 18.1 Å². The number of rotatable bonds is 4. The second-order valence-electron chi connectivity index (χ2n) is 5.22. The van der Waals surface area contributed by atoms with E-state index < -0.39 is 0 Å². The Morgan fingerprint density at radius 1 is 1.28 bits per heavy atom. The van der Waals surface area contributed by atoms with Crippen LogP contribution >= 0.6 is 0 Å². The van der Waals surface area contributed by atoms with Crippen molar-refractivity contribution in [3.8, 4) is 0 Å². The molecule has 0 aliphatic rings. The SMILES string of the molecule is CN(C(=O)COC(C)(C)C)c1ccc(CN)cc1. The van der Waals surface area contributed by atoms with Gasteiger partial charge in [0.15, 0.2) is 0 Å². The Morgan fingerprint density at radius 2 is 1.83 bits per heavy atom. The van der Waals surface area contributed by atoms with Crippen LogP contribution in [0.4, 0.5) is 5.69 Å². The van der Waals surface area contributed by atoms with Crippen LogP contribution in [0.1, 0.15) is 26.3 Å². The second kappa shape index (κ2) is 5.98. The van der Waals surface area contributed by atoms with Gasteiger partial charge in [0.05, 0.1) is 5.60 Å². The molecule has 0 spiro atoms. The van der Waals surface area contributed by atoms with E-state index in [0.29, 0.717) is 6.54 Å². The average molecular weight is 250 g/mol. The molecule has 0 saturated heterocycles. The number of benzene rings is 1. The monoisotopic (exact) mass is 250 g/mol. The van der Waals surface area contributed by atoms with Gasteiger partial charge in [-0.05, 0) is 38.5 Å². The summed E-state index contributed by atoms with van der Waals surface area (Å²) in [6.45, 7) is 6.37. The molecule has 0 radical (unpaired) electrons. The number of hydrogen-bond donors (Lipinski definition) is 1. The highest BCUT2D eigenvalue weighted by Gasteiger charge is 2.16. The first-order chi connectivity index (χ1) is 8.33. The molecule has 0 aromatic heterocycles. The van der Waals surface area contributed by atoms with Gasteiger partial charge >= 0.3 is 0 Å². The number of anilines is 1. The molecule has 1 amide bonds. The van der Waals surface area contributed by atoms with Crippen molar-refractivity contribution in [1.82, 2.24) is 0 Å². The van der Waals surface area contributed by atoms with Crippen LogP contribution in [0.15, 0.2) is 24.3 Å². The van der Waals surface area contributed by atoms with E-state index in [2.05, 4.69) is 0 Å². The van der Waals surface area contributed by atoms with Gasteiger partial charge in [-0.25, -0.2) is 0 Å². The van der Waals surface area contributed by atoms with Gasteiger partial charge in [-0.3, -0.25) is 4.79 Å². The number of carbonyl (C=O) groups is 1. The Hall–Kier alpha value is -1.39. The molecule has 0 aliphatic carbocycles. The minimum absolute atomic E-state index is 0.0644.